The van der Waals surface area contributed by atoms with Crippen LogP contribution in [0.3, 0.4) is 0 Å². The third-order valence-corrected chi connectivity index (χ3v) is 7.71. The minimum absolute atomic E-state index is 0.105. The van der Waals surface area contributed by atoms with Crippen LogP contribution in [-0.4, -0.2) is 51.1 Å². The van der Waals surface area contributed by atoms with Gasteiger partial charge in [-0.15, -0.1) is 0 Å². The lowest BCUT2D eigenvalue weighted by Crippen LogP contribution is -2.46. The molecule has 2 aromatic carbocycles. The molecule has 0 saturated heterocycles. The van der Waals surface area contributed by atoms with E-state index in [9.17, 15) is 13.2 Å². The molecule has 0 spiro atoms. The van der Waals surface area contributed by atoms with Crippen LogP contribution in [0.4, 0.5) is 0 Å². The van der Waals surface area contributed by atoms with Crippen LogP contribution in [0.25, 0.3) is 0 Å². The maximum Gasteiger partial charge on any atom is 0.321 e. The standard InChI is InChI=1S/C25H33NO6S/c1-3-17-31-23-11-9-21(10-12-23)26(18-25(27)32-19-20-7-5-4-6-8-20)33(28,29)24-15-13-22(30-2)14-16-24/h4-8,13-16,21,23H,3,9-12,17-19H2,1-2H3/t21-,23-. The van der Waals surface area contributed by atoms with Crippen molar-refractivity contribution in [1.82, 2.24) is 4.31 Å². The first-order valence-electron chi connectivity index (χ1n) is 11.4. The summed E-state index contributed by atoms with van der Waals surface area (Å²) in [5, 5.41) is 0. The number of hydrogen-bond acceptors (Lipinski definition) is 6. The molecule has 33 heavy (non-hydrogen) atoms. The average molecular weight is 476 g/mol. The zero-order valence-electron chi connectivity index (χ0n) is 19.3. The van der Waals surface area contributed by atoms with Gasteiger partial charge in [0.25, 0.3) is 0 Å². The quantitative estimate of drug-likeness (QED) is 0.454. The maximum absolute atomic E-state index is 13.5. The molecule has 0 unspecified atom stereocenters. The number of sulfonamides is 1. The Kier molecular flexibility index (Phi) is 9.29. The van der Waals surface area contributed by atoms with Gasteiger partial charge in [-0.2, -0.15) is 4.31 Å². The second-order valence-electron chi connectivity index (χ2n) is 8.17. The highest BCUT2D eigenvalue weighted by atomic mass is 32.2. The summed E-state index contributed by atoms with van der Waals surface area (Å²) >= 11 is 0. The first-order valence-corrected chi connectivity index (χ1v) is 12.8. The van der Waals surface area contributed by atoms with Crippen LogP contribution in [0.2, 0.25) is 0 Å². The van der Waals surface area contributed by atoms with E-state index in [1.165, 1.54) is 23.5 Å². The van der Waals surface area contributed by atoms with Gasteiger partial charge < -0.3 is 14.2 Å². The van der Waals surface area contributed by atoms with E-state index in [1.807, 2.05) is 30.3 Å². The van der Waals surface area contributed by atoms with Crippen LogP contribution in [0, 0.1) is 0 Å². The number of esters is 1. The predicted octanol–water partition coefficient (Wildman–Crippen LogP) is 4.17. The molecule has 0 heterocycles. The molecule has 1 aliphatic carbocycles. The van der Waals surface area contributed by atoms with E-state index in [0.29, 0.717) is 25.2 Å². The van der Waals surface area contributed by atoms with Crippen molar-refractivity contribution in [2.75, 3.05) is 20.3 Å². The summed E-state index contributed by atoms with van der Waals surface area (Å²) in [5.41, 5.74) is 0.851. The number of methoxy groups -OCH3 is 1. The fourth-order valence-corrected chi connectivity index (χ4v) is 5.62. The number of ether oxygens (including phenoxy) is 3. The molecular weight excluding hydrogens is 442 g/mol. The first kappa shape index (κ1) is 25.2. The molecular formula is C25H33NO6S. The molecule has 0 atom stereocenters. The Morgan fingerprint density at radius 3 is 2.27 bits per heavy atom. The van der Waals surface area contributed by atoms with Crippen LogP contribution >= 0.6 is 0 Å². The van der Waals surface area contributed by atoms with E-state index in [1.54, 1.807) is 12.1 Å². The molecule has 2 aromatic rings. The number of nitrogens with zero attached hydrogens (tertiary/aromatic N) is 1. The number of carbonyl (C=O) groups is 1. The number of rotatable bonds is 11. The maximum atomic E-state index is 13.5. The Bertz CT molecular complexity index is 970. The molecule has 0 radical (unpaired) electrons. The molecule has 0 bridgehead atoms. The van der Waals surface area contributed by atoms with Crippen LogP contribution in [0.5, 0.6) is 5.75 Å². The third-order valence-electron chi connectivity index (χ3n) is 5.80. The summed E-state index contributed by atoms with van der Waals surface area (Å²) in [4.78, 5) is 12.8. The second kappa shape index (κ2) is 12.2. The van der Waals surface area contributed by atoms with E-state index >= 15 is 0 Å². The third kappa shape index (κ3) is 7.03. The highest BCUT2D eigenvalue weighted by Crippen LogP contribution is 2.30. The zero-order valence-corrected chi connectivity index (χ0v) is 20.1. The molecule has 0 aromatic heterocycles. The molecule has 1 aliphatic rings. The Labute approximate surface area is 196 Å². The van der Waals surface area contributed by atoms with Crippen molar-refractivity contribution < 1.29 is 27.4 Å². The van der Waals surface area contributed by atoms with Gasteiger partial charge in [-0.25, -0.2) is 8.42 Å². The van der Waals surface area contributed by atoms with Gasteiger partial charge in [0.1, 0.15) is 18.9 Å². The van der Waals surface area contributed by atoms with Crippen molar-refractivity contribution in [2.24, 2.45) is 0 Å². The van der Waals surface area contributed by atoms with Crippen molar-refractivity contribution in [1.29, 1.82) is 0 Å². The second-order valence-corrected chi connectivity index (χ2v) is 10.1. The van der Waals surface area contributed by atoms with Gasteiger partial charge in [0.05, 0.1) is 18.1 Å². The van der Waals surface area contributed by atoms with Gasteiger partial charge in [-0.05, 0) is 61.9 Å². The number of carbonyl (C=O) groups excluding carboxylic acids is 1. The fourth-order valence-electron chi connectivity index (χ4n) is 3.99. The molecule has 0 aliphatic heterocycles. The molecule has 7 nitrogen and oxygen atoms in total. The van der Waals surface area contributed by atoms with Crippen LogP contribution in [0.15, 0.2) is 59.5 Å². The van der Waals surface area contributed by atoms with Crippen LogP contribution in [-0.2, 0) is 30.9 Å². The Balaban J connectivity index is 1.74. The number of hydrogen-bond donors (Lipinski definition) is 0. The largest absolute Gasteiger partial charge is 0.497 e. The highest BCUT2D eigenvalue weighted by Gasteiger charge is 2.36. The van der Waals surface area contributed by atoms with Gasteiger partial charge in [0.2, 0.25) is 10.0 Å². The minimum Gasteiger partial charge on any atom is -0.497 e. The first-order chi connectivity index (χ1) is 15.9. The van der Waals surface area contributed by atoms with E-state index in [0.717, 1.165) is 24.8 Å². The lowest BCUT2D eigenvalue weighted by Gasteiger charge is -2.35. The molecule has 1 saturated carbocycles. The molecule has 180 valence electrons. The van der Waals surface area contributed by atoms with E-state index in [2.05, 4.69) is 6.92 Å². The predicted molar refractivity (Wildman–Crippen MR) is 125 cm³/mol. The summed E-state index contributed by atoms with van der Waals surface area (Å²) in [6.07, 6.45) is 3.88. The Hall–Kier alpha value is -2.42. The van der Waals surface area contributed by atoms with Crippen molar-refractivity contribution in [2.45, 2.75) is 62.7 Å². The van der Waals surface area contributed by atoms with Crippen molar-refractivity contribution in [3.05, 3.63) is 60.2 Å². The zero-order chi connectivity index (χ0) is 23.7. The summed E-state index contributed by atoms with van der Waals surface area (Å²) in [7, 11) is -2.38. The van der Waals surface area contributed by atoms with Gasteiger partial charge in [-0.3, -0.25) is 4.79 Å². The average Bonchev–Trinajstić information content (AvgIpc) is 2.85. The Morgan fingerprint density at radius 1 is 1.00 bits per heavy atom. The molecule has 0 amide bonds. The van der Waals surface area contributed by atoms with Gasteiger partial charge in [0.15, 0.2) is 0 Å². The lowest BCUT2D eigenvalue weighted by atomic mass is 9.93. The van der Waals surface area contributed by atoms with Gasteiger partial charge in [0, 0.05) is 12.6 Å². The smallest absolute Gasteiger partial charge is 0.321 e. The van der Waals surface area contributed by atoms with Gasteiger partial charge >= 0.3 is 5.97 Å². The lowest BCUT2D eigenvalue weighted by molar-refractivity contribution is -0.145. The normalized spacial score (nSPS) is 18.8. The van der Waals surface area contributed by atoms with Crippen molar-refractivity contribution in [3.8, 4) is 5.75 Å². The summed E-state index contributed by atoms with van der Waals surface area (Å²) in [6, 6.07) is 15.3. The topological polar surface area (TPSA) is 82.1 Å². The minimum atomic E-state index is -3.90. The number of benzene rings is 2. The molecule has 8 heteroatoms. The van der Waals surface area contributed by atoms with E-state index < -0.39 is 16.0 Å². The van der Waals surface area contributed by atoms with E-state index in [4.69, 9.17) is 14.2 Å². The monoisotopic (exact) mass is 475 g/mol. The molecule has 1 fully saturated rings. The van der Waals surface area contributed by atoms with Gasteiger partial charge in [-0.1, -0.05) is 37.3 Å². The Morgan fingerprint density at radius 2 is 1.67 bits per heavy atom. The van der Waals surface area contributed by atoms with E-state index in [-0.39, 0.29) is 30.2 Å². The van der Waals surface area contributed by atoms with Crippen LogP contribution in [0.1, 0.15) is 44.6 Å². The summed E-state index contributed by atoms with van der Waals surface area (Å²) in [5.74, 6) is -0.00310. The summed E-state index contributed by atoms with van der Waals surface area (Å²) < 4.78 is 44.8. The SMILES string of the molecule is CCCO[C@H]1CC[C@H](N(CC(=O)OCc2ccccc2)S(=O)(=O)c2ccc(OC)cc2)CC1. The van der Waals surface area contributed by atoms with Crippen molar-refractivity contribution >= 4 is 16.0 Å². The van der Waals surface area contributed by atoms with Crippen molar-refractivity contribution in [3.63, 3.8) is 0 Å². The summed E-state index contributed by atoms with van der Waals surface area (Å²) in [6.45, 7) is 2.55. The fraction of sp³-hybridized carbons (Fsp3) is 0.480. The highest BCUT2D eigenvalue weighted by molar-refractivity contribution is 7.89. The molecule has 3 rings (SSSR count). The van der Waals surface area contributed by atoms with Crippen LogP contribution < -0.4 is 4.74 Å². The molecule has 0 N–H and O–H groups in total.